The summed E-state index contributed by atoms with van der Waals surface area (Å²) in [5.41, 5.74) is -0.470. The van der Waals surface area contributed by atoms with Gasteiger partial charge in [0, 0.05) is 11.6 Å². The number of hydrogen-bond acceptors (Lipinski definition) is 2. The van der Waals surface area contributed by atoms with Crippen LogP contribution in [0.3, 0.4) is 0 Å². The van der Waals surface area contributed by atoms with Gasteiger partial charge in [-0.1, -0.05) is 25.4 Å². The zero-order chi connectivity index (χ0) is 12.2. The zero-order valence-electron chi connectivity index (χ0n) is 9.56. The lowest BCUT2D eigenvalue weighted by molar-refractivity contribution is 0.0456. The summed E-state index contributed by atoms with van der Waals surface area (Å²) < 4.78 is 13.3. The number of aliphatic hydroxyl groups is 1. The van der Waals surface area contributed by atoms with Crippen molar-refractivity contribution in [3.63, 3.8) is 0 Å². The summed E-state index contributed by atoms with van der Waals surface area (Å²) >= 11 is 5.77. The van der Waals surface area contributed by atoms with Gasteiger partial charge in [0.2, 0.25) is 0 Å². The number of rotatable bonds is 5. The monoisotopic (exact) mass is 245 g/mol. The molecule has 1 aromatic rings. The van der Waals surface area contributed by atoms with Gasteiger partial charge in [0.15, 0.2) is 0 Å². The zero-order valence-corrected chi connectivity index (χ0v) is 10.3. The Morgan fingerprint density at radius 2 is 2.00 bits per heavy atom. The first-order valence-corrected chi connectivity index (χ1v) is 5.80. The van der Waals surface area contributed by atoms with Gasteiger partial charge in [-0.25, -0.2) is 4.39 Å². The van der Waals surface area contributed by atoms with E-state index in [4.69, 9.17) is 11.6 Å². The summed E-state index contributed by atoms with van der Waals surface area (Å²) in [5, 5.41) is 13.4. The first-order chi connectivity index (χ1) is 7.50. The largest absolute Gasteiger partial charge is 0.388 e. The molecule has 4 heteroatoms. The fourth-order valence-electron chi connectivity index (χ4n) is 1.39. The Morgan fingerprint density at radius 3 is 2.56 bits per heavy atom. The summed E-state index contributed by atoms with van der Waals surface area (Å²) in [7, 11) is 0. The van der Waals surface area contributed by atoms with Crippen molar-refractivity contribution in [2.75, 3.05) is 11.9 Å². The smallest absolute Gasteiger partial charge is 0.146 e. The first kappa shape index (κ1) is 13.3. The van der Waals surface area contributed by atoms with Crippen LogP contribution in [0.25, 0.3) is 0 Å². The third-order valence-corrected chi connectivity index (χ3v) is 3.09. The van der Waals surface area contributed by atoms with Crippen LogP contribution in [0.2, 0.25) is 5.02 Å². The molecule has 0 fully saturated rings. The SMILES string of the molecule is CCC(O)(CC)CNc1cc(Cl)ccc1F. The summed E-state index contributed by atoms with van der Waals surface area (Å²) in [6, 6.07) is 4.32. The summed E-state index contributed by atoms with van der Waals surface area (Å²) in [6.07, 6.45) is 1.25. The van der Waals surface area contributed by atoms with Gasteiger partial charge in [-0.15, -0.1) is 0 Å². The van der Waals surface area contributed by atoms with Crippen LogP contribution in [-0.4, -0.2) is 17.3 Å². The van der Waals surface area contributed by atoms with Crippen LogP contribution in [0.4, 0.5) is 10.1 Å². The van der Waals surface area contributed by atoms with Crippen molar-refractivity contribution in [1.82, 2.24) is 0 Å². The maximum Gasteiger partial charge on any atom is 0.146 e. The summed E-state index contributed by atoms with van der Waals surface area (Å²) in [6.45, 7) is 4.12. The molecule has 1 aromatic carbocycles. The molecule has 90 valence electrons. The fourth-order valence-corrected chi connectivity index (χ4v) is 1.56. The van der Waals surface area contributed by atoms with Gasteiger partial charge >= 0.3 is 0 Å². The Labute approximate surface area is 100 Å². The van der Waals surface area contributed by atoms with Gasteiger partial charge in [-0.2, -0.15) is 0 Å². The average molecular weight is 246 g/mol. The molecule has 0 radical (unpaired) electrons. The highest BCUT2D eigenvalue weighted by Crippen LogP contribution is 2.21. The van der Waals surface area contributed by atoms with E-state index in [0.29, 0.717) is 30.1 Å². The van der Waals surface area contributed by atoms with E-state index < -0.39 is 5.60 Å². The van der Waals surface area contributed by atoms with E-state index in [1.54, 1.807) is 0 Å². The molecule has 0 saturated heterocycles. The Bertz CT molecular complexity index is 353. The van der Waals surface area contributed by atoms with E-state index >= 15 is 0 Å². The van der Waals surface area contributed by atoms with Gasteiger partial charge in [0.05, 0.1) is 11.3 Å². The number of anilines is 1. The maximum absolute atomic E-state index is 13.3. The molecule has 0 aromatic heterocycles. The van der Waals surface area contributed by atoms with E-state index in [9.17, 15) is 9.50 Å². The van der Waals surface area contributed by atoms with E-state index in [1.165, 1.54) is 18.2 Å². The molecule has 0 unspecified atom stereocenters. The maximum atomic E-state index is 13.3. The summed E-state index contributed by atoms with van der Waals surface area (Å²) in [5.74, 6) is -0.362. The van der Waals surface area contributed by atoms with E-state index in [1.807, 2.05) is 13.8 Å². The molecule has 0 saturated carbocycles. The molecule has 0 aliphatic carbocycles. The summed E-state index contributed by atoms with van der Waals surface area (Å²) in [4.78, 5) is 0. The number of halogens is 2. The molecule has 0 spiro atoms. The van der Waals surface area contributed by atoms with Gasteiger partial charge in [-0.05, 0) is 31.0 Å². The highest BCUT2D eigenvalue weighted by molar-refractivity contribution is 6.30. The van der Waals surface area contributed by atoms with Gasteiger partial charge in [0.1, 0.15) is 5.82 Å². The molecule has 2 nitrogen and oxygen atoms in total. The Balaban J connectivity index is 2.70. The normalized spacial score (nSPS) is 11.6. The van der Waals surface area contributed by atoms with Crippen LogP contribution in [0.1, 0.15) is 26.7 Å². The molecule has 0 aliphatic rings. The lowest BCUT2D eigenvalue weighted by Crippen LogP contribution is -2.35. The Hall–Kier alpha value is -0.800. The minimum absolute atomic E-state index is 0.317. The van der Waals surface area contributed by atoms with Crippen molar-refractivity contribution in [2.45, 2.75) is 32.3 Å². The van der Waals surface area contributed by atoms with Crippen LogP contribution in [0.5, 0.6) is 0 Å². The predicted molar refractivity (Wildman–Crippen MR) is 65.4 cm³/mol. The van der Waals surface area contributed by atoms with Crippen molar-refractivity contribution < 1.29 is 9.50 Å². The second-order valence-electron chi connectivity index (χ2n) is 3.91. The molecule has 0 bridgehead atoms. The highest BCUT2D eigenvalue weighted by Gasteiger charge is 2.22. The van der Waals surface area contributed by atoms with Gasteiger partial charge in [-0.3, -0.25) is 0 Å². The van der Waals surface area contributed by atoms with Crippen molar-refractivity contribution >= 4 is 17.3 Å². The van der Waals surface area contributed by atoms with Crippen molar-refractivity contribution in [1.29, 1.82) is 0 Å². The van der Waals surface area contributed by atoms with Crippen LogP contribution in [0.15, 0.2) is 18.2 Å². The fraction of sp³-hybridized carbons (Fsp3) is 0.500. The minimum Gasteiger partial charge on any atom is -0.388 e. The minimum atomic E-state index is -0.797. The number of benzene rings is 1. The lowest BCUT2D eigenvalue weighted by atomic mass is 9.97. The second-order valence-corrected chi connectivity index (χ2v) is 4.35. The predicted octanol–water partition coefficient (Wildman–Crippen LogP) is 3.44. The number of nitrogens with one attached hydrogen (secondary N) is 1. The van der Waals surface area contributed by atoms with E-state index in [0.717, 1.165) is 0 Å². The molecule has 0 heterocycles. The number of hydrogen-bond donors (Lipinski definition) is 2. The molecule has 0 atom stereocenters. The van der Waals surface area contributed by atoms with Crippen LogP contribution < -0.4 is 5.32 Å². The molecule has 1 rings (SSSR count). The van der Waals surface area contributed by atoms with E-state index in [-0.39, 0.29) is 5.82 Å². The van der Waals surface area contributed by atoms with Crippen molar-refractivity contribution in [2.24, 2.45) is 0 Å². The third-order valence-electron chi connectivity index (χ3n) is 2.85. The van der Waals surface area contributed by atoms with Crippen LogP contribution >= 0.6 is 11.6 Å². The molecular formula is C12H17ClFNO. The highest BCUT2D eigenvalue weighted by atomic mass is 35.5. The molecule has 2 N–H and O–H groups in total. The van der Waals surface area contributed by atoms with Crippen LogP contribution in [-0.2, 0) is 0 Å². The quantitative estimate of drug-likeness (QED) is 0.833. The molecular weight excluding hydrogens is 229 g/mol. The van der Waals surface area contributed by atoms with Gasteiger partial charge < -0.3 is 10.4 Å². The second kappa shape index (κ2) is 5.51. The topological polar surface area (TPSA) is 32.3 Å². The third kappa shape index (κ3) is 3.35. The van der Waals surface area contributed by atoms with Crippen molar-refractivity contribution in [3.05, 3.63) is 29.0 Å². The molecule has 16 heavy (non-hydrogen) atoms. The van der Waals surface area contributed by atoms with Crippen LogP contribution in [0, 0.1) is 5.82 Å². The van der Waals surface area contributed by atoms with Gasteiger partial charge in [0.25, 0.3) is 0 Å². The molecule has 0 aliphatic heterocycles. The molecule has 0 amide bonds. The first-order valence-electron chi connectivity index (χ1n) is 5.42. The average Bonchev–Trinajstić information content (AvgIpc) is 2.30. The standard InChI is InChI=1S/C12H17ClFNO/c1-3-12(16,4-2)8-15-11-7-9(13)5-6-10(11)14/h5-7,15-16H,3-4,8H2,1-2H3. The Morgan fingerprint density at radius 1 is 1.38 bits per heavy atom. The van der Waals surface area contributed by atoms with E-state index in [2.05, 4.69) is 5.32 Å². The Kier molecular flexibility index (Phi) is 4.56. The lowest BCUT2D eigenvalue weighted by Gasteiger charge is -2.26. The van der Waals surface area contributed by atoms with Crippen molar-refractivity contribution in [3.8, 4) is 0 Å².